The molecule has 1 aliphatic carbocycles. The zero-order chi connectivity index (χ0) is 24.5. The van der Waals surface area contributed by atoms with E-state index in [4.69, 9.17) is 0 Å². The second kappa shape index (κ2) is 10.1. The molecule has 0 radical (unpaired) electrons. The third-order valence-corrected chi connectivity index (χ3v) is 8.36. The Kier molecular flexibility index (Phi) is 6.49. The van der Waals surface area contributed by atoms with Gasteiger partial charge in [-0.2, -0.15) is 0 Å². The van der Waals surface area contributed by atoms with Gasteiger partial charge in [-0.1, -0.05) is 79.9 Å². The second-order valence-corrected chi connectivity index (χ2v) is 10.8. The summed E-state index contributed by atoms with van der Waals surface area (Å²) in [5.41, 5.74) is 3.82. The SMILES string of the molecule is O=C1C2CN(Cc3ccc(C4CCCCC4)cc3)CCN2C(=O)CN1Cc1ccc2ccccc2c1. The first-order valence-corrected chi connectivity index (χ1v) is 13.5. The van der Waals surface area contributed by atoms with Crippen molar-refractivity contribution in [1.82, 2.24) is 14.7 Å². The third kappa shape index (κ3) is 4.77. The highest BCUT2D eigenvalue weighted by atomic mass is 16.2. The number of rotatable bonds is 5. The summed E-state index contributed by atoms with van der Waals surface area (Å²) in [4.78, 5) is 32.3. The second-order valence-electron chi connectivity index (χ2n) is 10.8. The summed E-state index contributed by atoms with van der Waals surface area (Å²) >= 11 is 0. The Morgan fingerprint density at radius 2 is 1.50 bits per heavy atom. The van der Waals surface area contributed by atoms with Gasteiger partial charge in [0.25, 0.3) is 0 Å². The standard InChI is InChI=1S/C31H35N3O2/c35-30-22-33(20-24-12-15-26-8-4-5-9-28(26)18-24)31(36)29-21-32(16-17-34(29)30)19-23-10-13-27(14-11-23)25-6-2-1-3-7-25/h4-5,8-15,18,25,29H,1-3,6-7,16-17,19-22H2. The number of hydrogen-bond donors (Lipinski definition) is 0. The largest absolute Gasteiger partial charge is 0.327 e. The fourth-order valence-corrected chi connectivity index (χ4v) is 6.32. The molecule has 2 aliphatic heterocycles. The maximum atomic E-state index is 13.5. The molecule has 0 bridgehead atoms. The maximum Gasteiger partial charge on any atom is 0.247 e. The first kappa shape index (κ1) is 23.2. The molecule has 1 atom stereocenters. The van der Waals surface area contributed by atoms with Crippen LogP contribution in [0.4, 0.5) is 0 Å². The lowest BCUT2D eigenvalue weighted by Gasteiger charge is -2.46. The van der Waals surface area contributed by atoms with E-state index in [0.717, 1.165) is 30.0 Å². The van der Waals surface area contributed by atoms with E-state index in [-0.39, 0.29) is 24.4 Å². The van der Waals surface area contributed by atoms with Crippen molar-refractivity contribution in [2.75, 3.05) is 26.2 Å². The van der Waals surface area contributed by atoms with Crippen molar-refractivity contribution >= 4 is 22.6 Å². The third-order valence-electron chi connectivity index (χ3n) is 8.36. The highest BCUT2D eigenvalue weighted by Crippen LogP contribution is 2.32. The number of piperazine rings is 2. The molecular weight excluding hydrogens is 446 g/mol. The van der Waals surface area contributed by atoms with E-state index in [0.29, 0.717) is 19.6 Å². The molecular formula is C31H35N3O2. The summed E-state index contributed by atoms with van der Waals surface area (Å²) in [7, 11) is 0. The minimum absolute atomic E-state index is 0.0666. The Morgan fingerprint density at radius 3 is 2.31 bits per heavy atom. The van der Waals surface area contributed by atoms with Crippen LogP contribution in [0.2, 0.25) is 0 Å². The lowest BCUT2D eigenvalue weighted by molar-refractivity contribution is -0.160. The van der Waals surface area contributed by atoms with Crippen molar-refractivity contribution < 1.29 is 9.59 Å². The van der Waals surface area contributed by atoms with Gasteiger partial charge < -0.3 is 9.80 Å². The molecule has 1 unspecified atom stereocenters. The van der Waals surface area contributed by atoms with Crippen molar-refractivity contribution in [2.45, 2.75) is 57.2 Å². The zero-order valence-electron chi connectivity index (χ0n) is 20.9. The van der Waals surface area contributed by atoms with Gasteiger partial charge in [-0.3, -0.25) is 14.5 Å². The first-order chi connectivity index (χ1) is 17.6. The van der Waals surface area contributed by atoms with Crippen LogP contribution in [0.3, 0.4) is 0 Å². The Morgan fingerprint density at radius 1 is 0.750 bits per heavy atom. The molecule has 6 rings (SSSR count). The molecule has 186 valence electrons. The Hall–Kier alpha value is -3.18. The molecule has 1 saturated carbocycles. The average molecular weight is 482 g/mol. The Labute approximate surface area is 213 Å². The average Bonchev–Trinajstić information content (AvgIpc) is 2.92. The molecule has 2 heterocycles. The van der Waals surface area contributed by atoms with Gasteiger partial charge in [0.1, 0.15) is 12.6 Å². The summed E-state index contributed by atoms with van der Waals surface area (Å²) < 4.78 is 0. The van der Waals surface area contributed by atoms with Crippen LogP contribution in [0.15, 0.2) is 66.7 Å². The normalized spacial score (nSPS) is 21.7. The van der Waals surface area contributed by atoms with Crippen molar-refractivity contribution in [1.29, 1.82) is 0 Å². The summed E-state index contributed by atoms with van der Waals surface area (Å²) in [6, 6.07) is 23.3. The molecule has 3 aromatic rings. The van der Waals surface area contributed by atoms with Crippen LogP contribution in [0.1, 0.15) is 54.7 Å². The quantitative estimate of drug-likeness (QED) is 0.518. The van der Waals surface area contributed by atoms with Crippen molar-refractivity contribution in [3.8, 4) is 0 Å². The Balaban J connectivity index is 1.11. The van der Waals surface area contributed by atoms with E-state index in [9.17, 15) is 9.59 Å². The minimum Gasteiger partial charge on any atom is -0.327 e. The van der Waals surface area contributed by atoms with E-state index in [1.165, 1.54) is 48.6 Å². The number of amides is 2. The molecule has 2 saturated heterocycles. The molecule has 0 aromatic heterocycles. The van der Waals surface area contributed by atoms with E-state index in [2.05, 4.69) is 59.5 Å². The van der Waals surface area contributed by atoms with Gasteiger partial charge >= 0.3 is 0 Å². The molecule has 0 spiro atoms. The van der Waals surface area contributed by atoms with Gasteiger partial charge in [-0.25, -0.2) is 0 Å². The monoisotopic (exact) mass is 481 g/mol. The van der Waals surface area contributed by atoms with Crippen molar-refractivity contribution in [3.05, 3.63) is 83.4 Å². The van der Waals surface area contributed by atoms with Crippen LogP contribution in [0.25, 0.3) is 10.8 Å². The smallest absolute Gasteiger partial charge is 0.247 e. The van der Waals surface area contributed by atoms with E-state index >= 15 is 0 Å². The number of benzene rings is 3. The summed E-state index contributed by atoms with van der Waals surface area (Å²) in [5, 5.41) is 2.34. The number of hydrogen-bond acceptors (Lipinski definition) is 3. The molecule has 0 N–H and O–H groups in total. The number of carbonyl (C=O) groups is 2. The summed E-state index contributed by atoms with van der Waals surface area (Å²) in [6.45, 7) is 3.50. The van der Waals surface area contributed by atoms with Crippen LogP contribution in [-0.2, 0) is 22.7 Å². The predicted octanol–water partition coefficient (Wildman–Crippen LogP) is 4.94. The fraction of sp³-hybridized carbons (Fsp3) is 0.419. The predicted molar refractivity (Wildman–Crippen MR) is 142 cm³/mol. The van der Waals surface area contributed by atoms with Crippen LogP contribution in [0.5, 0.6) is 0 Å². The highest BCUT2D eigenvalue weighted by Gasteiger charge is 2.42. The van der Waals surface area contributed by atoms with Crippen LogP contribution in [-0.4, -0.2) is 58.7 Å². The molecule has 2 amide bonds. The van der Waals surface area contributed by atoms with E-state index in [1.54, 1.807) is 4.90 Å². The maximum absolute atomic E-state index is 13.5. The fourth-order valence-electron chi connectivity index (χ4n) is 6.32. The van der Waals surface area contributed by atoms with Gasteiger partial charge in [0, 0.05) is 32.7 Å². The van der Waals surface area contributed by atoms with E-state index < -0.39 is 0 Å². The molecule has 3 aliphatic rings. The van der Waals surface area contributed by atoms with Gasteiger partial charge in [-0.05, 0) is 52.3 Å². The van der Waals surface area contributed by atoms with Gasteiger partial charge in [0.2, 0.25) is 11.8 Å². The van der Waals surface area contributed by atoms with Gasteiger partial charge in [0.05, 0.1) is 0 Å². The summed E-state index contributed by atoms with van der Waals surface area (Å²) in [6.07, 6.45) is 6.71. The van der Waals surface area contributed by atoms with Crippen molar-refractivity contribution in [2.24, 2.45) is 0 Å². The van der Waals surface area contributed by atoms with Gasteiger partial charge in [0.15, 0.2) is 0 Å². The highest BCUT2D eigenvalue weighted by molar-refractivity contribution is 5.95. The minimum atomic E-state index is -0.387. The van der Waals surface area contributed by atoms with E-state index in [1.807, 2.05) is 17.0 Å². The molecule has 36 heavy (non-hydrogen) atoms. The zero-order valence-corrected chi connectivity index (χ0v) is 20.9. The molecule has 5 nitrogen and oxygen atoms in total. The summed E-state index contributed by atoms with van der Waals surface area (Å²) in [5.74, 6) is 0.854. The van der Waals surface area contributed by atoms with Gasteiger partial charge in [-0.15, -0.1) is 0 Å². The van der Waals surface area contributed by atoms with Crippen LogP contribution < -0.4 is 0 Å². The number of carbonyl (C=O) groups excluding carboxylic acids is 2. The van der Waals surface area contributed by atoms with Crippen LogP contribution in [0, 0.1) is 0 Å². The first-order valence-electron chi connectivity index (χ1n) is 13.5. The Bertz CT molecular complexity index is 1250. The lowest BCUT2D eigenvalue weighted by Crippen LogP contribution is -2.66. The number of nitrogens with zero attached hydrogens (tertiary/aromatic N) is 3. The molecule has 3 aromatic carbocycles. The lowest BCUT2D eigenvalue weighted by atomic mass is 9.84. The molecule has 5 heteroatoms. The molecule has 3 fully saturated rings. The van der Waals surface area contributed by atoms with Crippen LogP contribution >= 0.6 is 0 Å². The number of fused-ring (bicyclic) bond motifs is 2. The topological polar surface area (TPSA) is 43.9 Å². The van der Waals surface area contributed by atoms with Crippen molar-refractivity contribution in [3.63, 3.8) is 0 Å².